The number of hydrogen-bond acceptors (Lipinski definition) is 3. The molecule has 2 heterocycles. The number of anilines is 1. The van der Waals surface area contributed by atoms with Gasteiger partial charge in [0.05, 0.1) is 23.5 Å². The van der Waals surface area contributed by atoms with Crippen LogP contribution in [0, 0.1) is 6.92 Å². The van der Waals surface area contributed by atoms with E-state index in [9.17, 15) is 9.59 Å². The van der Waals surface area contributed by atoms with E-state index in [0.717, 1.165) is 20.2 Å². The van der Waals surface area contributed by atoms with Crippen LogP contribution in [0.5, 0.6) is 0 Å². The van der Waals surface area contributed by atoms with Crippen molar-refractivity contribution >= 4 is 49.2 Å². The highest BCUT2D eigenvalue weighted by Crippen LogP contribution is 2.35. The summed E-state index contributed by atoms with van der Waals surface area (Å²) in [5, 5.41) is 0. The van der Waals surface area contributed by atoms with E-state index < -0.39 is 11.7 Å². The molecule has 0 bridgehead atoms. The lowest BCUT2D eigenvalue weighted by molar-refractivity contribution is -0.114. The van der Waals surface area contributed by atoms with Crippen LogP contribution in [-0.4, -0.2) is 16.7 Å². The summed E-state index contributed by atoms with van der Waals surface area (Å²) >= 11 is 6.68. The van der Waals surface area contributed by atoms with Gasteiger partial charge in [-0.2, -0.15) is 0 Å². The van der Waals surface area contributed by atoms with Gasteiger partial charge in [0.1, 0.15) is 0 Å². The molecule has 0 atom stereocenters. The Bertz CT molecular complexity index is 757. The Balaban J connectivity index is 2.03. The molecule has 21 heavy (non-hydrogen) atoms. The average Bonchev–Trinajstić information content (AvgIpc) is 2.67. The molecule has 1 aliphatic rings. The van der Waals surface area contributed by atoms with Gasteiger partial charge in [0.25, 0.3) is 11.7 Å². The van der Waals surface area contributed by atoms with E-state index in [2.05, 4.69) is 36.8 Å². The molecule has 1 aromatic heterocycles. The third-order valence-corrected chi connectivity index (χ3v) is 4.25. The highest BCUT2D eigenvalue weighted by molar-refractivity contribution is 9.10. The van der Waals surface area contributed by atoms with E-state index >= 15 is 0 Å². The molecule has 0 N–H and O–H groups in total. The molecule has 0 aliphatic carbocycles. The van der Waals surface area contributed by atoms with E-state index in [1.807, 2.05) is 25.1 Å². The summed E-state index contributed by atoms with van der Waals surface area (Å²) in [4.78, 5) is 30.1. The quantitative estimate of drug-likeness (QED) is 0.711. The molecular weight excluding hydrogens is 400 g/mol. The number of amides is 1. The molecule has 1 aliphatic heterocycles. The number of Topliss-reactive ketones (excluding diaryl/α,β-unsaturated/α-hetero) is 1. The summed E-state index contributed by atoms with van der Waals surface area (Å²) in [5.41, 5.74) is 2.74. The third-order valence-electron chi connectivity index (χ3n) is 3.33. The lowest BCUT2D eigenvalue weighted by Gasteiger charge is -2.18. The molecule has 0 spiro atoms. The topological polar surface area (TPSA) is 50.3 Å². The first-order valence-electron chi connectivity index (χ1n) is 6.24. The number of benzene rings is 1. The number of fused-ring (bicyclic) bond motifs is 1. The van der Waals surface area contributed by atoms with Crippen LogP contribution < -0.4 is 4.90 Å². The van der Waals surface area contributed by atoms with Crippen molar-refractivity contribution in [2.75, 3.05) is 4.90 Å². The predicted molar refractivity (Wildman–Crippen MR) is 86.3 cm³/mol. The predicted octanol–water partition coefficient (Wildman–Crippen LogP) is 3.64. The van der Waals surface area contributed by atoms with Crippen LogP contribution >= 0.6 is 31.9 Å². The van der Waals surface area contributed by atoms with Crippen LogP contribution in [0.2, 0.25) is 0 Å². The SMILES string of the molecule is Cc1cc(Br)cc2c1N(Cc1ccc(Br)cn1)C(=O)C2=O. The number of aromatic nitrogens is 1. The largest absolute Gasteiger partial charge is 0.299 e. The number of nitrogens with zero attached hydrogens (tertiary/aromatic N) is 2. The van der Waals surface area contributed by atoms with Crippen LogP contribution in [0.25, 0.3) is 0 Å². The first kappa shape index (κ1) is 14.4. The number of carbonyl (C=O) groups is 2. The second-order valence-electron chi connectivity index (χ2n) is 4.81. The van der Waals surface area contributed by atoms with Gasteiger partial charge >= 0.3 is 0 Å². The van der Waals surface area contributed by atoms with Crippen LogP contribution in [0.4, 0.5) is 5.69 Å². The molecule has 1 aromatic carbocycles. The number of carbonyl (C=O) groups excluding carboxylic acids is 2. The Kier molecular flexibility index (Phi) is 3.67. The van der Waals surface area contributed by atoms with Crippen molar-refractivity contribution in [2.45, 2.75) is 13.5 Å². The Morgan fingerprint density at radius 3 is 2.57 bits per heavy atom. The molecule has 1 amide bonds. The second kappa shape index (κ2) is 5.35. The Labute approximate surface area is 138 Å². The standard InChI is InChI=1S/C15H10Br2N2O2/c1-8-4-10(17)5-12-13(8)19(15(21)14(12)20)7-11-3-2-9(16)6-18-11/h2-6H,7H2,1H3. The summed E-state index contributed by atoms with van der Waals surface area (Å²) < 4.78 is 1.67. The molecule has 0 saturated carbocycles. The molecule has 4 nitrogen and oxygen atoms in total. The van der Waals surface area contributed by atoms with Gasteiger partial charge in [-0.25, -0.2) is 0 Å². The van der Waals surface area contributed by atoms with Gasteiger partial charge in [-0.05, 0) is 52.7 Å². The van der Waals surface area contributed by atoms with Gasteiger partial charge in [-0.3, -0.25) is 19.5 Å². The maximum Gasteiger partial charge on any atom is 0.299 e. The van der Waals surface area contributed by atoms with E-state index in [0.29, 0.717) is 11.3 Å². The van der Waals surface area contributed by atoms with Crippen molar-refractivity contribution in [1.29, 1.82) is 0 Å². The van der Waals surface area contributed by atoms with E-state index in [1.165, 1.54) is 4.90 Å². The van der Waals surface area contributed by atoms with Crippen molar-refractivity contribution in [3.63, 3.8) is 0 Å². The fraction of sp³-hybridized carbons (Fsp3) is 0.133. The zero-order valence-corrected chi connectivity index (χ0v) is 14.2. The first-order valence-corrected chi connectivity index (χ1v) is 7.83. The van der Waals surface area contributed by atoms with Crippen molar-refractivity contribution in [3.05, 3.63) is 56.2 Å². The van der Waals surface area contributed by atoms with Crippen LogP contribution in [-0.2, 0) is 11.3 Å². The number of pyridine rings is 1. The minimum absolute atomic E-state index is 0.285. The van der Waals surface area contributed by atoms with Gasteiger partial charge in [0, 0.05) is 15.1 Å². The summed E-state index contributed by atoms with van der Waals surface area (Å²) in [5.74, 6) is -0.970. The number of rotatable bonds is 2. The number of ketones is 1. The molecule has 0 unspecified atom stereocenters. The minimum atomic E-state index is -0.504. The second-order valence-corrected chi connectivity index (χ2v) is 6.64. The van der Waals surface area contributed by atoms with Gasteiger partial charge in [0.2, 0.25) is 0 Å². The highest BCUT2D eigenvalue weighted by Gasteiger charge is 2.37. The van der Waals surface area contributed by atoms with E-state index in [-0.39, 0.29) is 6.54 Å². The fourth-order valence-corrected chi connectivity index (χ4v) is 3.23. The lowest BCUT2D eigenvalue weighted by Crippen LogP contribution is -2.29. The molecule has 3 rings (SSSR count). The number of aryl methyl sites for hydroxylation is 1. The summed E-state index contributed by atoms with van der Waals surface area (Å²) in [6, 6.07) is 7.28. The average molecular weight is 410 g/mol. The summed E-state index contributed by atoms with van der Waals surface area (Å²) in [6.07, 6.45) is 1.67. The van der Waals surface area contributed by atoms with Crippen molar-refractivity contribution in [1.82, 2.24) is 4.98 Å². The van der Waals surface area contributed by atoms with Crippen molar-refractivity contribution in [3.8, 4) is 0 Å². The highest BCUT2D eigenvalue weighted by atomic mass is 79.9. The van der Waals surface area contributed by atoms with E-state index in [4.69, 9.17) is 0 Å². The fourth-order valence-electron chi connectivity index (χ4n) is 2.42. The van der Waals surface area contributed by atoms with Gasteiger partial charge in [-0.1, -0.05) is 15.9 Å². The third kappa shape index (κ3) is 2.53. The minimum Gasteiger partial charge on any atom is -0.298 e. The molecule has 0 radical (unpaired) electrons. The summed E-state index contributed by atoms with van der Waals surface area (Å²) in [6.45, 7) is 2.17. The van der Waals surface area contributed by atoms with Crippen LogP contribution in [0.1, 0.15) is 21.6 Å². The Hall–Kier alpha value is -1.53. The Morgan fingerprint density at radius 2 is 1.90 bits per heavy atom. The number of hydrogen-bond donors (Lipinski definition) is 0. The summed E-state index contributed by atoms with van der Waals surface area (Å²) in [7, 11) is 0. The van der Waals surface area contributed by atoms with Crippen molar-refractivity contribution in [2.24, 2.45) is 0 Å². The van der Waals surface area contributed by atoms with Gasteiger partial charge in [-0.15, -0.1) is 0 Å². The van der Waals surface area contributed by atoms with E-state index in [1.54, 1.807) is 12.3 Å². The molecule has 106 valence electrons. The maximum atomic E-state index is 12.2. The normalized spacial score (nSPS) is 13.8. The zero-order valence-electron chi connectivity index (χ0n) is 11.1. The number of halogens is 2. The maximum absolute atomic E-state index is 12.2. The smallest absolute Gasteiger partial charge is 0.298 e. The Morgan fingerprint density at radius 1 is 1.14 bits per heavy atom. The van der Waals surface area contributed by atoms with Crippen LogP contribution in [0.15, 0.2) is 39.4 Å². The molecule has 6 heteroatoms. The lowest BCUT2D eigenvalue weighted by atomic mass is 10.1. The van der Waals surface area contributed by atoms with Gasteiger partial charge in [0.15, 0.2) is 0 Å². The zero-order chi connectivity index (χ0) is 15.1. The molecule has 2 aromatic rings. The first-order chi connectivity index (χ1) is 9.97. The molecule has 0 saturated heterocycles. The van der Waals surface area contributed by atoms with Gasteiger partial charge < -0.3 is 0 Å². The monoisotopic (exact) mass is 408 g/mol. The van der Waals surface area contributed by atoms with Crippen molar-refractivity contribution < 1.29 is 9.59 Å². The molecule has 0 fully saturated rings. The van der Waals surface area contributed by atoms with Crippen LogP contribution in [0.3, 0.4) is 0 Å². The molecular formula is C15H10Br2N2O2.